The normalized spacial score (nSPS) is 11.4. The van der Waals surface area contributed by atoms with Crippen molar-refractivity contribution in [1.82, 2.24) is 4.98 Å². The zero-order valence-electron chi connectivity index (χ0n) is 16.3. The minimum atomic E-state index is -4.78. The molecule has 0 fully saturated rings. The van der Waals surface area contributed by atoms with Crippen LogP contribution in [0.25, 0.3) is 10.9 Å². The molecule has 0 amide bonds. The smallest absolute Gasteiger partial charge is 0.457 e. The zero-order chi connectivity index (χ0) is 22.1. The Morgan fingerprint density at radius 2 is 1.73 bits per heavy atom. The summed E-state index contributed by atoms with van der Waals surface area (Å²) in [6, 6.07) is 8.28. The maximum Gasteiger partial charge on any atom is 0.573 e. The molecule has 1 heterocycles. The Morgan fingerprint density at radius 3 is 2.30 bits per heavy atom. The fraction of sp³-hybridized carbons (Fsp3) is 0.238. The van der Waals surface area contributed by atoms with E-state index in [1.54, 1.807) is 26.0 Å². The topological polar surface area (TPSA) is 77.9 Å². The molecule has 3 rings (SSSR count). The van der Waals surface area contributed by atoms with Gasteiger partial charge >= 0.3 is 12.5 Å². The van der Waals surface area contributed by atoms with Crippen LogP contribution in [0, 0.1) is 13.8 Å². The summed E-state index contributed by atoms with van der Waals surface area (Å²) >= 11 is 0. The quantitative estimate of drug-likeness (QED) is 0.497. The molecule has 1 aromatic heterocycles. The minimum Gasteiger partial charge on any atom is -0.457 e. The van der Waals surface area contributed by atoms with E-state index in [1.807, 2.05) is 6.92 Å². The predicted octanol–water partition coefficient (Wildman–Crippen LogP) is 6.16. The molecule has 1 N–H and O–H groups in total. The number of rotatable bonds is 5. The number of aryl methyl sites for hydroxylation is 2. The summed E-state index contributed by atoms with van der Waals surface area (Å²) in [4.78, 5) is 15.7. The third kappa shape index (κ3) is 4.73. The number of alkyl halides is 3. The molecule has 6 nitrogen and oxygen atoms in total. The van der Waals surface area contributed by atoms with E-state index in [4.69, 9.17) is 14.6 Å². The van der Waals surface area contributed by atoms with Crippen LogP contribution in [0.2, 0.25) is 0 Å². The van der Waals surface area contributed by atoms with E-state index < -0.39 is 12.5 Å². The average Bonchev–Trinajstić information content (AvgIpc) is 2.65. The van der Waals surface area contributed by atoms with Crippen molar-refractivity contribution in [2.45, 2.75) is 33.6 Å². The number of fused-ring (bicyclic) bond motifs is 1. The maximum absolute atomic E-state index is 12.3. The molecule has 0 aliphatic carbocycles. The summed E-state index contributed by atoms with van der Waals surface area (Å²) in [6.45, 7) is 5.41. The molecule has 0 radical (unpaired) electrons. The molecule has 9 heteroatoms. The van der Waals surface area contributed by atoms with Gasteiger partial charge in [-0.15, -0.1) is 13.2 Å². The lowest BCUT2D eigenvalue weighted by atomic mass is 10.0. The van der Waals surface area contributed by atoms with Crippen molar-refractivity contribution >= 4 is 17.1 Å². The van der Waals surface area contributed by atoms with Gasteiger partial charge < -0.3 is 19.3 Å². The number of ether oxygens (including phenoxy) is 3. The van der Waals surface area contributed by atoms with Crippen molar-refractivity contribution in [3.05, 3.63) is 53.2 Å². The summed E-state index contributed by atoms with van der Waals surface area (Å²) in [6.07, 6.45) is -5.63. The molecule has 0 saturated heterocycles. The Hall–Kier alpha value is -3.49. The molecule has 0 aliphatic heterocycles. The summed E-state index contributed by atoms with van der Waals surface area (Å²) < 4.78 is 51.5. The van der Waals surface area contributed by atoms with Crippen LogP contribution < -0.4 is 14.2 Å². The van der Waals surface area contributed by atoms with E-state index in [9.17, 15) is 18.0 Å². The van der Waals surface area contributed by atoms with Crippen molar-refractivity contribution in [1.29, 1.82) is 0 Å². The molecule has 30 heavy (non-hydrogen) atoms. The number of hydrogen-bond acceptors (Lipinski definition) is 5. The molecule has 0 aliphatic rings. The molecule has 2 aromatic carbocycles. The van der Waals surface area contributed by atoms with Crippen molar-refractivity contribution in [2.24, 2.45) is 0 Å². The van der Waals surface area contributed by atoms with Gasteiger partial charge in [-0.2, -0.15) is 0 Å². The van der Waals surface area contributed by atoms with Crippen LogP contribution in [0.5, 0.6) is 23.0 Å². The zero-order valence-corrected chi connectivity index (χ0v) is 16.3. The molecule has 0 atom stereocenters. The highest BCUT2D eigenvalue weighted by molar-refractivity contribution is 5.90. The van der Waals surface area contributed by atoms with E-state index in [1.165, 1.54) is 12.1 Å². The van der Waals surface area contributed by atoms with Gasteiger partial charge in [0, 0.05) is 16.6 Å². The lowest BCUT2D eigenvalue weighted by Crippen LogP contribution is -2.16. The molecule has 0 spiro atoms. The van der Waals surface area contributed by atoms with Crippen LogP contribution in [-0.4, -0.2) is 22.6 Å². The van der Waals surface area contributed by atoms with E-state index in [2.05, 4.69) is 9.72 Å². The first-order chi connectivity index (χ1) is 14.1. The largest absolute Gasteiger partial charge is 0.573 e. The van der Waals surface area contributed by atoms with Crippen LogP contribution in [0.1, 0.15) is 23.7 Å². The van der Waals surface area contributed by atoms with Gasteiger partial charge in [-0.3, -0.25) is 4.98 Å². The van der Waals surface area contributed by atoms with Crippen molar-refractivity contribution in [3.8, 4) is 23.0 Å². The van der Waals surface area contributed by atoms with Gasteiger partial charge in [0.25, 0.3) is 0 Å². The van der Waals surface area contributed by atoms with E-state index in [0.29, 0.717) is 39.9 Å². The second-order valence-corrected chi connectivity index (χ2v) is 6.49. The third-order valence-electron chi connectivity index (χ3n) is 4.38. The molecular formula is C21H18F3NO5. The summed E-state index contributed by atoms with van der Waals surface area (Å²) in [7, 11) is 0. The monoisotopic (exact) mass is 421 g/mol. The fourth-order valence-electron chi connectivity index (χ4n) is 3.02. The van der Waals surface area contributed by atoms with Crippen LogP contribution in [0.3, 0.4) is 0 Å². The Labute approximate surface area is 169 Å². The highest BCUT2D eigenvalue weighted by Gasteiger charge is 2.31. The molecule has 158 valence electrons. The van der Waals surface area contributed by atoms with Crippen LogP contribution >= 0.6 is 0 Å². The highest BCUT2D eigenvalue weighted by atomic mass is 19.4. The van der Waals surface area contributed by atoms with Crippen molar-refractivity contribution < 1.29 is 37.3 Å². The van der Waals surface area contributed by atoms with Gasteiger partial charge in [-0.25, -0.2) is 4.79 Å². The Kier molecular flexibility index (Phi) is 5.73. The SMILES string of the molecule is CCc1nc2cc(C)c(Oc3ccc(OC(F)(F)F)cc3)cc2c(OC(=O)O)c1C. The number of carbonyl (C=O) groups is 1. The fourth-order valence-corrected chi connectivity index (χ4v) is 3.02. The number of benzene rings is 2. The number of halogens is 3. The Bertz CT molecular complexity index is 1090. The van der Waals surface area contributed by atoms with Gasteiger partial charge in [0.1, 0.15) is 23.0 Å². The van der Waals surface area contributed by atoms with Crippen LogP contribution in [-0.2, 0) is 6.42 Å². The first kappa shape index (κ1) is 21.2. The number of aromatic nitrogens is 1. The van der Waals surface area contributed by atoms with Crippen LogP contribution in [0.4, 0.5) is 18.0 Å². The summed E-state index contributed by atoms with van der Waals surface area (Å²) in [5.41, 5.74) is 2.58. The Morgan fingerprint density at radius 1 is 1.10 bits per heavy atom. The van der Waals surface area contributed by atoms with E-state index in [0.717, 1.165) is 12.1 Å². The average molecular weight is 421 g/mol. The second kappa shape index (κ2) is 8.10. The number of carboxylic acid groups (broad SMARTS) is 1. The third-order valence-corrected chi connectivity index (χ3v) is 4.38. The lowest BCUT2D eigenvalue weighted by molar-refractivity contribution is -0.274. The lowest BCUT2D eigenvalue weighted by Gasteiger charge is -2.15. The first-order valence-corrected chi connectivity index (χ1v) is 8.95. The molecule has 0 unspecified atom stereocenters. The second-order valence-electron chi connectivity index (χ2n) is 6.49. The predicted molar refractivity (Wildman–Crippen MR) is 102 cm³/mol. The number of pyridine rings is 1. The van der Waals surface area contributed by atoms with Gasteiger partial charge in [0.2, 0.25) is 0 Å². The van der Waals surface area contributed by atoms with Gasteiger partial charge in [-0.05, 0) is 62.2 Å². The molecule has 0 bridgehead atoms. The van der Waals surface area contributed by atoms with Gasteiger partial charge in [0.15, 0.2) is 0 Å². The minimum absolute atomic E-state index is 0.170. The van der Waals surface area contributed by atoms with Crippen molar-refractivity contribution in [3.63, 3.8) is 0 Å². The Balaban J connectivity index is 2.00. The van der Waals surface area contributed by atoms with Crippen molar-refractivity contribution in [2.75, 3.05) is 0 Å². The summed E-state index contributed by atoms with van der Waals surface area (Å²) in [5, 5.41) is 9.56. The van der Waals surface area contributed by atoms with Crippen LogP contribution in [0.15, 0.2) is 36.4 Å². The number of nitrogens with zero attached hydrogens (tertiary/aromatic N) is 1. The highest BCUT2D eigenvalue weighted by Crippen LogP contribution is 2.37. The molecular weight excluding hydrogens is 403 g/mol. The maximum atomic E-state index is 12.3. The number of hydrogen-bond donors (Lipinski definition) is 1. The van der Waals surface area contributed by atoms with E-state index >= 15 is 0 Å². The first-order valence-electron chi connectivity index (χ1n) is 8.95. The van der Waals surface area contributed by atoms with E-state index in [-0.39, 0.29) is 17.2 Å². The van der Waals surface area contributed by atoms with Gasteiger partial charge in [0.05, 0.1) is 5.52 Å². The summed E-state index contributed by atoms with van der Waals surface area (Å²) in [5.74, 6) is 0.465. The standard InChI is InChI=1S/C21H18F3NO5/c1-4-16-12(3)19(29-20(26)27)15-10-18(11(2)9-17(15)25-16)28-13-5-7-14(8-6-13)30-21(22,23)24/h5-10H,4H2,1-3H3,(H,26,27). The molecule has 0 saturated carbocycles. The molecule has 3 aromatic rings. The van der Waals surface area contributed by atoms with Gasteiger partial charge in [-0.1, -0.05) is 6.92 Å².